The number of sulfonamides is 1. The van der Waals surface area contributed by atoms with Gasteiger partial charge in [-0.1, -0.05) is 22.9 Å². The quantitative estimate of drug-likeness (QED) is 0.678. The second-order valence-corrected chi connectivity index (χ2v) is 8.92. The van der Waals surface area contributed by atoms with E-state index >= 15 is 0 Å². The van der Waals surface area contributed by atoms with Crippen LogP contribution in [0.15, 0.2) is 26.0 Å². The average Bonchev–Trinajstić information content (AvgIpc) is 2.33. The van der Waals surface area contributed by atoms with Gasteiger partial charge in [-0.15, -0.1) is 0 Å². The molecule has 120 valence electrons. The largest absolute Gasteiger partial charge is 0.308 e. The lowest BCUT2D eigenvalue weighted by Gasteiger charge is -2.29. The zero-order chi connectivity index (χ0) is 16.4. The average molecular weight is 442 g/mol. The smallest absolute Gasteiger partial charge is 0.244 e. The molecule has 0 saturated carbocycles. The van der Waals surface area contributed by atoms with Gasteiger partial charge in [0.1, 0.15) is 0 Å². The molecule has 0 fully saturated rings. The monoisotopic (exact) mass is 440 g/mol. The minimum Gasteiger partial charge on any atom is -0.308 e. The molecule has 1 unspecified atom stereocenters. The Morgan fingerprint density at radius 1 is 1.19 bits per heavy atom. The van der Waals surface area contributed by atoms with E-state index in [0.29, 0.717) is 22.5 Å². The molecule has 0 amide bonds. The van der Waals surface area contributed by atoms with Gasteiger partial charge < -0.3 is 4.90 Å². The third kappa shape index (κ3) is 4.51. The molecule has 1 aromatic carbocycles. The number of rotatable bonds is 6. The fourth-order valence-electron chi connectivity index (χ4n) is 2.29. The first-order chi connectivity index (χ1) is 9.61. The number of benzene rings is 1. The van der Waals surface area contributed by atoms with Gasteiger partial charge in [0.25, 0.3) is 0 Å². The highest BCUT2D eigenvalue weighted by Gasteiger charge is 2.30. The van der Waals surface area contributed by atoms with Crippen molar-refractivity contribution in [2.24, 2.45) is 0 Å². The molecule has 0 bridgehead atoms. The summed E-state index contributed by atoms with van der Waals surface area (Å²) in [6.45, 7) is 6.84. The topological polar surface area (TPSA) is 40.6 Å². The van der Waals surface area contributed by atoms with Gasteiger partial charge in [-0.2, -0.15) is 4.31 Å². The summed E-state index contributed by atoms with van der Waals surface area (Å²) in [5, 5.41) is 0. The maximum absolute atomic E-state index is 12.9. The van der Waals surface area contributed by atoms with Crippen molar-refractivity contribution in [3.63, 3.8) is 0 Å². The van der Waals surface area contributed by atoms with E-state index < -0.39 is 10.0 Å². The van der Waals surface area contributed by atoms with Crippen LogP contribution in [0.1, 0.15) is 19.4 Å². The molecule has 0 aliphatic heterocycles. The highest BCUT2D eigenvalue weighted by atomic mass is 79.9. The van der Waals surface area contributed by atoms with Crippen molar-refractivity contribution in [2.75, 3.05) is 27.2 Å². The van der Waals surface area contributed by atoms with Gasteiger partial charge in [-0.05, 0) is 61.6 Å². The Morgan fingerprint density at radius 3 is 2.24 bits per heavy atom. The normalized spacial score (nSPS) is 14.0. The van der Waals surface area contributed by atoms with Crippen LogP contribution in [0.2, 0.25) is 0 Å². The lowest BCUT2D eigenvalue weighted by atomic mass is 10.2. The van der Waals surface area contributed by atoms with Crippen molar-refractivity contribution in [3.8, 4) is 0 Å². The van der Waals surface area contributed by atoms with Gasteiger partial charge >= 0.3 is 0 Å². The molecule has 0 N–H and O–H groups in total. The number of halogens is 2. The Balaban J connectivity index is 3.28. The Bertz CT molecular complexity index is 603. The van der Waals surface area contributed by atoms with Gasteiger partial charge in [0.05, 0.1) is 4.90 Å². The van der Waals surface area contributed by atoms with Crippen molar-refractivity contribution in [2.45, 2.75) is 31.7 Å². The Labute approximate surface area is 144 Å². The summed E-state index contributed by atoms with van der Waals surface area (Å²) in [6.07, 6.45) is 0. The molecule has 1 atom stereocenters. The van der Waals surface area contributed by atoms with Gasteiger partial charge in [0.2, 0.25) is 10.0 Å². The molecule has 0 heterocycles. The van der Waals surface area contributed by atoms with E-state index in [2.05, 4.69) is 31.9 Å². The van der Waals surface area contributed by atoms with Crippen LogP contribution in [-0.4, -0.2) is 50.8 Å². The molecule has 21 heavy (non-hydrogen) atoms. The van der Waals surface area contributed by atoms with Crippen molar-refractivity contribution in [1.29, 1.82) is 0 Å². The van der Waals surface area contributed by atoms with Gasteiger partial charge in [-0.25, -0.2) is 8.42 Å². The number of aryl methyl sites for hydroxylation is 1. The zero-order valence-corrected chi connectivity index (χ0v) is 17.0. The van der Waals surface area contributed by atoms with E-state index in [4.69, 9.17) is 0 Å². The lowest BCUT2D eigenvalue weighted by Crippen LogP contribution is -2.43. The number of hydrogen-bond donors (Lipinski definition) is 0. The summed E-state index contributed by atoms with van der Waals surface area (Å²) >= 11 is 6.79. The van der Waals surface area contributed by atoms with Crippen LogP contribution in [0.25, 0.3) is 0 Å². The fraction of sp³-hybridized carbons (Fsp3) is 0.571. The van der Waals surface area contributed by atoms with Crippen molar-refractivity contribution < 1.29 is 8.42 Å². The molecule has 0 radical (unpaired) electrons. The summed E-state index contributed by atoms with van der Waals surface area (Å²) in [7, 11) is 0.344. The highest BCUT2D eigenvalue weighted by Crippen LogP contribution is 2.31. The first kappa shape index (κ1) is 19.1. The van der Waals surface area contributed by atoms with Gasteiger partial charge in [0.15, 0.2) is 0 Å². The Kier molecular flexibility index (Phi) is 6.86. The summed E-state index contributed by atoms with van der Waals surface area (Å²) < 4.78 is 28.8. The highest BCUT2D eigenvalue weighted by molar-refractivity contribution is 9.11. The van der Waals surface area contributed by atoms with E-state index in [9.17, 15) is 8.42 Å². The predicted molar refractivity (Wildman–Crippen MR) is 94.2 cm³/mol. The summed E-state index contributed by atoms with van der Waals surface area (Å²) in [4.78, 5) is 2.29. The molecule has 0 aromatic heterocycles. The van der Waals surface area contributed by atoms with Crippen LogP contribution < -0.4 is 0 Å². The first-order valence-corrected chi connectivity index (χ1v) is 9.76. The fourth-order valence-corrected chi connectivity index (χ4v) is 5.56. The van der Waals surface area contributed by atoms with Crippen molar-refractivity contribution in [1.82, 2.24) is 9.21 Å². The summed E-state index contributed by atoms with van der Waals surface area (Å²) in [5.74, 6) is 0. The number of likely N-dealkylation sites (N-methyl/N-ethyl adjacent to an activating group) is 2. The minimum absolute atomic E-state index is 0.0954. The van der Waals surface area contributed by atoms with E-state index in [1.165, 1.54) is 4.31 Å². The second kappa shape index (κ2) is 7.55. The molecule has 1 rings (SSSR count). The summed E-state index contributed by atoms with van der Waals surface area (Å²) in [6, 6.07) is 3.39. The van der Waals surface area contributed by atoms with Crippen LogP contribution in [0.5, 0.6) is 0 Å². The van der Waals surface area contributed by atoms with E-state index in [1.54, 1.807) is 6.07 Å². The second-order valence-electron chi connectivity index (χ2n) is 5.35. The maximum atomic E-state index is 12.9. The number of nitrogens with zero attached hydrogens (tertiary/aromatic N) is 2. The van der Waals surface area contributed by atoms with Gasteiger partial charge in [0, 0.05) is 28.1 Å². The predicted octanol–water partition coefficient (Wildman–Crippen LogP) is 3.48. The molecule has 7 heteroatoms. The first-order valence-electron chi connectivity index (χ1n) is 6.73. The molecular weight excluding hydrogens is 420 g/mol. The maximum Gasteiger partial charge on any atom is 0.244 e. The van der Waals surface area contributed by atoms with Gasteiger partial charge in [-0.3, -0.25) is 0 Å². The van der Waals surface area contributed by atoms with E-state index in [-0.39, 0.29) is 6.04 Å². The molecule has 0 saturated heterocycles. The van der Waals surface area contributed by atoms with Crippen molar-refractivity contribution in [3.05, 3.63) is 26.6 Å². The molecule has 1 aromatic rings. The number of hydrogen-bond acceptors (Lipinski definition) is 3. The Hall–Kier alpha value is 0.0500. The standard InChI is InChI=1S/C14H22Br2N2O2S/c1-6-18(11(3)9-17(4)5)21(19,20)14-8-12(15)10(2)7-13(14)16/h7-8,11H,6,9H2,1-5H3. The van der Waals surface area contributed by atoms with Crippen LogP contribution in [0.3, 0.4) is 0 Å². The summed E-state index contributed by atoms with van der Waals surface area (Å²) in [5.41, 5.74) is 0.991. The lowest BCUT2D eigenvalue weighted by molar-refractivity contribution is 0.271. The van der Waals surface area contributed by atoms with E-state index in [0.717, 1.165) is 10.0 Å². The van der Waals surface area contributed by atoms with E-state index in [1.807, 2.05) is 45.8 Å². The molecular formula is C14H22Br2N2O2S. The zero-order valence-electron chi connectivity index (χ0n) is 13.0. The molecule has 0 aliphatic carbocycles. The van der Waals surface area contributed by atoms with Crippen LogP contribution in [-0.2, 0) is 10.0 Å². The third-order valence-electron chi connectivity index (χ3n) is 3.23. The van der Waals surface area contributed by atoms with Crippen molar-refractivity contribution >= 4 is 41.9 Å². The molecule has 4 nitrogen and oxygen atoms in total. The van der Waals surface area contributed by atoms with Crippen LogP contribution in [0, 0.1) is 6.92 Å². The van der Waals surface area contributed by atoms with Crippen LogP contribution >= 0.6 is 31.9 Å². The molecule has 0 spiro atoms. The Morgan fingerprint density at radius 2 is 1.76 bits per heavy atom. The third-order valence-corrected chi connectivity index (χ3v) is 7.13. The minimum atomic E-state index is -3.54. The molecule has 0 aliphatic rings. The van der Waals surface area contributed by atoms with Crippen LogP contribution in [0.4, 0.5) is 0 Å². The SMILES string of the molecule is CCN(C(C)CN(C)C)S(=O)(=O)c1cc(Br)c(C)cc1Br.